The molecule has 0 atom stereocenters. The van der Waals surface area contributed by atoms with Crippen molar-refractivity contribution in [1.29, 1.82) is 0 Å². The number of halogens is 1. The molecular weight excluding hydrogens is 823 g/mol. The minimum absolute atomic E-state index is 0. The third kappa shape index (κ3) is 23.5. The predicted molar refractivity (Wildman–Crippen MR) is 221 cm³/mol. The van der Waals surface area contributed by atoms with Crippen LogP contribution < -0.4 is 49.7 Å². The second kappa shape index (κ2) is 29.0. The van der Waals surface area contributed by atoms with Gasteiger partial charge in [-0.05, 0) is 66.2 Å². The first-order chi connectivity index (χ1) is 28.2. The Balaban J connectivity index is 0.00000106. The summed E-state index contributed by atoms with van der Waals surface area (Å²) in [6.07, 6.45) is -0.329. The van der Waals surface area contributed by atoms with Gasteiger partial charge in [-0.25, -0.2) is 28.8 Å². The van der Waals surface area contributed by atoms with E-state index in [-0.39, 0.29) is 75.2 Å². The van der Waals surface area contributed by atoms with Crippen LogP contribution in [0.25, 0.3) is 0 Å². The molecule has 0 fully saturated rings. The van der Waals surface area contributed by atoms with Gasteiger partial charge in [0, 0.05) is 44.8 Å². The van der Waals surface area contributed by atoms with Gasteiger partial charge in [0.15, 0.2) is 0 Å². The van der Waals surface area contributed by atoms with Crippen molar-refractivity contribution in [2.45, 2.75) is 7.43 Å². The number of rotatable bonds is 13. The molecule has 0 aliphatic carbocycles. The summed E-state index contributed by atoms with van der Waals surface area (Å²) >= 11 is 4.71. The minimum atomic E-state index is -0.870. The number of esters is 2. The highest BCUT2D eigenvalue weighted by molar-refractivity contribution is 6.66. The van der Waals surface area contributed by atoms with Crippen molar-refractivity contribution in [2.24, 2.45) is 0 Å². The fourth-order valence-electron chi connectivity index (χ4n) is 3.56. The van der Waals surface area contributed by atoms with E-state index in [0.29, 0.717) is 0 Å². The summed E-state index contributed by atoms with van der Waals surface area (Å²) in [4.78, 5) is 78.4. The standard InChI is InChI=1S/C21H18N2O8.C15H14N2O6.C3H3ClO.CH4.B/c1-3-18(24)28-14-7-5-9-16(11-14)30-20(26)22-13-23-21(27)31-17-10-6-8-15(12-17)29-19(25)4-2;18-10-3-1-5-12(7-10)22-14(20)16-9-17-15(21)23-13-6-2-4-11(19)8-13;1-2-3(4)5;;/h3-12H,1-2,13H2,(H,22,26)(H,23,27);1-8,18-19H,9H2,(H,16,20)(H,17,21);2H,1H2;1H4;. The van der Waals surface area contributed by atoms with Gasteiger partial charge in [0.2, 0.25) is 5.24 Å². The molecule has 319 valence electrons. The van der Waals surface area contributed by atoms with Crippen molar-refractivity contribution in [2.75, 3.05) is 13.3 Å². The second-order valence-corrected chi connectivity index (χ2v) is 10.7. The Hall–Kier alpha value is -8.26. The number of phenolic OH excluding ortho intramolecular Hbond substituents is 2. The van der Waals surface area contributed by atoms with Gasteiger partial charge in [-0.15, -0.1) is 0 Å². The van der Waals surface area contributed by atoms with Crippen LogP contribution in [0.4, 0.5) is 19.2 Å². The van der Waals surface area contributed by atoms with Crippen molar-refractivity contribution < 1.29 is 72.2 Å². The third-order valence-corrected chi connectivity index (χ3v) is 6.10. The van der Waals surface area contributed by atoms with Crippen LogP contribution in [0.2, 0.25) is 0 Å². The number of hydrogen-bond donors (Lipinski definition) is 6. The smallest absolute Gasteiger partial charge is 0.413 e. The number of phenols is 2. The average Bonchev–Trinajstić information content (AvgIpc) is 3.18. The zero-order chi connectivity index (χ0) is 43.6. The Morgan fingerprint density at radius 3 is 0.967 bits per heavy atom. The molecule has 6 N–H and O–H groups in total. The molecule has 4 rings (SSSR count). The van der Waals surface area contributed by atoms with Crippen molar-refractivity contribution in [3.63, 3.8) is 0 Å². The van der Waals surface area contributed by atoms with Crippen molar-refractivity contribution in [1.82, 2.24) is 21.3 Å². The van der Waals surface area contributed by atoms with Crippen LogP contribution in [0.3, 0.4) is 0 Å². The van der Waals surface area contributed by atoms with Gasteiger partial charge in [-0.1, -0.05) is 51.4 Å². The van der Waals surface area contributed by atoms with E-state index in [1.165, 1.54) is 97.1 Å². The first-order valence-electron chi connectivity index (χ1n) is 16.3. The molecule has 21 heteroatoms. The van der Waals surface area contributed by atoms with E-state index in [2.05, 4.69) is 41.0 Å². The summed E-state index contributed by atoms with van der Waals surface area (Å²) in [5.74, 6) is -0.528. The van der Waals surface area contributed by atoms with Gasteiger partial charge < -0.3 is 59.9 Å². The van der Waals surface area contributed by atoms with Gasteiger partial charge in [0.25, 0.3) is 0 Å². The molecule has 0 unspecified atom stereocenters. The second-order valence-electron chi connectivity index (χ2n) is 10.3. The molecule has 0 saturated carbocycles. The van der Waals surface area contributed by atoms with E-state index in [9.17, 15) is 43.8 Å². The average molecular weight is 862 g/mol. The third-order valence-electron chi connectivity index (χ3n) is 5.95. The first kappa shape index (κ1) is 52.7. The van der Waals surface area contributed by atoms with Crippen LogP contribution in [-0.4, -0.2) is 73.5 Å². The summed E-state index contributed by atoms with van der Waals surface area (Å²) in [5, 5.41) is 27.1. The van der Waals surface area contributed by atoms with Crippen LogP contribution in [-0.2, 0) is 14.4 Å². The lowest BCUT2D eigenvalue weighted by molar-refractivity contribution is -0.129. The zero-order valence-corrected chi connectivity index (χ0v) is 31.9. The fourth-order valence-corrected chi connectivity index (χ4v) is 3.56. The number of nitrogens with one attached hydrogen (secondary N) is 4. The number of carbonyl (C=O) groups excluding carboxylic acids is 7. The molecule has 0 heterocycles. The van der Waals surface area contributed by atoms with E-state index in [1.54, 1.807) is 0 Å². The molecule has 4 aromatic carbocycles. The summed E-state index contributed by atoms with van der Waals surface area (Å²) < 4.78 is 29.6. The lowest BCUT2D eigenvalue weighted by atomic mass is 10.3. The van der Waals surface area contributed by atoms with Crippen LogP contribution in [0.5, 0.6) is 46.0 Å². The highest BCUT2D eigenvalue weighted by atomic mass is 35.5. The molecule has 61 heavy (non-hydrogen) atoms. The summed E-state index contributed by atoms with van der Waals surface area (Å²) in [6, 6.07) is 23.0. The molecule has 0 saturated heterocycles. The monoisotopic (exact) mass is 861 g/mol. The molecule has 4 aromatic rings. The summed E-state index contributed by atoms with van der Waals surface area (Å²) in [7, 11) is 0. The van der Waals surface area contributed by atoms with E-state index in [4.69, 9.17) is 40.0 Å². The lowest BCUT2D eigenvalue weighted by Crippen LogP contribution is -2.39. The Bertz CT molecular complexity index is 2010. The van der Waals surface area contributed by atoms with E-state index < -0.39 is 41.6 Å². The molecule has 0 spiro atoms. The Labute approximate surface area is 356 Å². The number of ether oxygens (including phenoxy) is 6. The quantitative estimate of drug-likeness (QED) is 0.0231. The zero-order valence-electron chi connectivity index (χ0n) is 31.2. The predicted octanol–water partition coefficient (Wildman–Crippen LogP) is 5.83. The highest BCUT2D eigenvalue weighted by Gasteiger charge is 2.11. The molecule has 0 aliphatic rings. The Kier molecular flexibility index (Phi) is 25.1. The van der Waals surface area contributed by atoms with Gasteiger partial charge in [-0.2, -0.15) is 0 Å². The Morgan fingerprint density at radius 1 is 0.475 bits per heavy atom. The van der Waals surface area contributed by atoms with Crippen LogP contribution in [0.15, 0.2) is 135 Å². The maximum Gasteiger partial charge on any atom is 0.413 e. The molecule has 19 nitrogen and oxygen atoms in total. The van der Waals surface area contributed by atoms with Gasteiger partial charge in [0.1, 0.15) is 46.0 Å². The van der Waals surface area contributed by atoms with Gasteiger partial charge in [0.05, 0.1) is 13.3 Å². The summed E-state index contributed by atoms with van der Waals surface area (Å²) in [5.41, 5.74) is 0. The van der Waals surface area contributed by atoms with E-state index in [0.717, 1.165) is 18.2 Å². The minimum Gasteiger partial charge on any atom is -0.508 e. The number of amides is 4. The normalized spacial score (nSPS) is 9.07. The number of aromatic hydroxyl groups is 2. The number of allylic oxidation sites excluding steroid dienone is 1. The van der Waals surface area contributed by atoms with Gasteiger partial charge >= 0.3 is 36.3 Å². The molecule has 0 aliphatic heterocycles. The van der Waals surface area contributed by atoms with Crippen molar-refractivity contribution in [3.05, 3.63) is 135 Å². The lowest BCUT2D eigenvalue weighted by Gasteiger charge is -2.10. The molecular formula is C40H39BClN4O15. The summed E-state index contributed by atoms with van der Waals surface area (Å²) in [6.45, 7) is 9.12. The van der Waals surface area contributed by atoms with E-state index in [1.807, 2.05) is 0 Å². The fraction of sp³-hybridized carbons (Fsp3) is 0.0750. The van der Waals surface area contributed by atoms with Crippen molar-refractivity contribution in [3.8, 4) is 46.0 Å². The largest absolute Gasteiger partial charge is 0.508 e. The Morgan fingerprint density at radius 2 is 0.721 bits per heavy atom. The first-order valence-corrected chi connectivity index (χ1v) is 16.7. The van der Waals surface area contributed by atoms with E-state index >= 15 is 0 Å². The van der Waals surface area contributed by atoms with Crippen molar-refractivity contribution >= 4 is 61.6 Å². The molecule has 0 bridgehead atoms. The van der Waals surface area contributed by atoms with Crippen LogP contribution >= 0.6 is 11.6 Å². The van der Waals surface area contributed by atoms with Gasteiger partial charge in [-0.3, -0.25) is 4.79 Å². The maximum absolute atomic E-state index is 11.8. The number of hydrogen-bond acceptors (Lipinski definition) is 15. The highest BCUT2D eigenvalue weighted by Crippen LogP contribution is 2.21. The van der Waals surface area contributed by atoms with Crippen LogP contribution in [0.1, 0.15) is 7.43 Å². The molecule has 3 radical (unpaired) electrons. The number of benzene rings is 4. The van der Waals surface area contributed by atoms with Crippen LogP contribution in [0, 0.1) is 0 Å². The topological polar surface area (TPSA) is 263 Å². The molecule has 4 amide bonds. The number of carbonyl (C=O) groups is 7. The SMILES string of the molecule is C.C=CC(=O)Cl.C=CC(=O)Oc1cccc(OC(=O)NCNC(=O)Oc2cccc(OC(=O)C=C)c2)c1.O=C(NCNC(=O)Oc1cccc(O)c1)Oc1cccc(O)c1.[B]. The molecule has 0 aromatic heterocycles. The maximum atomic E-state index is 11.8.